The number of ether oxygens (including phenoxy) is 2. The Labute approximate surface area is 148 Å². The molecule has 0 bridgehead atoms. The Morgan fingerprint density at radius 1 is 0.880 bits per heavy atom. The van der Waals surface area contributed by atoms with Gasteiger partial charge in [0.25, 0.3) is 0 Å². The van der Waals surface area contributed by atoms with Gasteiger partial charge in [0.2, 0.25) is 0 Å². The van der Waals surface area contributed by atoms with E-state index in [9.17, 15) is 0 Å². The van der Waals surface area contributed by atoms with Gasteiger partial charge in [0.05, 0.1) is 6.61 Å². The van der Waals surface area contributed by atoms with Crippen molar-refractivity contribution in [2.45, 2.75) is 19.0 Å². The van der Waals surface area contributed by atoms with Gasteiger partial charge in [-0.3, -0.25) is 0 Å². The second kappa shape index (κ2) is 7.41. The molecule has 0 unspecified atom stereocenters. The zero-order valence-corrected chi connectivity index (χ0v) is 14.0. The van der Waals surface area contributed by atoms with Crippen LogP contribution in [-0.2, 0) is 6.54 Å². The fourth-order valence-electron chi connectivity index (χ4n) is 3.14. The maximum absolute atomic E-state index is 5.92. The zero-order valence-electron chi connectivity index (χ0n) is 14.0. The van der Waals surface area contributed by atoms with Gasteiger partial charge < -0.3 is 14.8 Å². The summed E-state index contributed by atoms with van der Waals surface area (Å²) in [6, 6.07) is 26.7. The Balaban J connectivity index is 1.43. The summed E-state index contributed by atoms with van der Waals surface area (Å²) in [7, 11) is 0. The first-order valence-electron chi connectivity index (χ1n) is 8.65. The summed E-state index contributed by atoms with van der Waals surface area (Å²) in [6.07, 6.45) is 0.983. The fourth-order valence-corrected chi connectivity index (χ4v) is 3.14. The predicted octanol–water partition coefficient (Wildman–Crippen LogP) is 5.09. The third-order valence-electron chi connectivity index (χ3n) is 4.39. The van der Waals surface area contributed by atoms with Gasteiger partial charge in [0.1, 0.15) is 17.2 Å². The molecule has 0 saturated heterocycles. The SMILES string of the molecule is c1ccc(Oc2cccc(CN[C@@H]3CCOc4ccccc43)c2)cc1. The molecule has 0 amide bonds. The average molecular weight is 331 g/mol. The lowest BCUT2D eigenvalue weighted by Crippen LogP contribution is -2.26. The number of para-hydroxylation sites is 2. The molecule has 3 nitrogen and oxygen atoms in total. The number of benzene rings is 3. The summed E-state index contributed by atoms with van der Waals surface area (Å²) >= 11 is 0. The maximum Gasteiger partial charge on any atom is 0.127 e. The van der Waals surface area contributed by atoms with Gasteiger partial charge in [-0.1, -0.05) is 48.5 Å². The van der Waals surface area contributed by atoms with Gasteiger partial charge in [-0.15, -0.1) is 0 Å². The number of rotatable bonds is 5. The van der Waals surface area contributed by atoms with E-state index in [0.29, 0.717) is 6.04 Å². The third kappa shape index (κ3) is 3.83. The molecule has 3 heteroatoms. The Morgan fingerprint density at radius 3 is 2.60 bits per heavy atom. The van der Waals surface area contributed by atoms with E-state index in [1.807, 2.05) is 54.6 Å². The molecule has 1 atom stereocenters. The van der Waals surface area contributed by atoms with Crippen molar-refractivity contribution in [3.8, 4) is 17.2 Å². The zero-order chi connectivity index (χ0) is 16.9. The van der Waals surface area contributed by atoms with Gasteiger partial charge in [-0.05, 0) is 35.9 Å². The second-order valence-electron chi connectivity index (χ2n) is 6.17. The van der Waals surface area contributed by atoms with Crippen LogP contribution in [0.2, 0.25) is 0 Å². The quantitative estimate of drug-likeness (QED) is 0.706. The van der Waals surface area contributed by atoms with E-state index in [-0.39, 0.29) is 0 Å². The van der Waals surface area contributed by atoms with Crippen LogP contribution in [0, 0.1) is 0 Å². The van der Waals surface area contributed by atoms with Gasteiger partial charge in [0, 0.05) is 24.6 Å². The van der Waals surface area contributed by atoms with Crippen LogP contribution < -0.4 is 14.8 Å². The molecule has 1 N–H and O–H groups in total. The largest absolute Gasteiger partial charge is 0.493 e. The number of nitrogens with one attached hydrogen (secondary N) is 1. The molecule has 126 valence electrons. The smallest absolute Gasteiger partial charge is 0.127 e. The van der Waals surface area contributed by atoms with E-state index in [4.69, 9.17) is 9.47 Å². The van der Waals surface area contributed by atoms with Crippen molar-refractivity contribution in [2.24, 2.45) is 0 Å². The molecule has 0 radical (unpaired) electrons. The molecule has 4 rings (SSSR count). The summed E-state index contributed by atoms with van der Waals surface area (Å²) in [6.45, 7) is 1.55. The van der Waals surface area contributed by atoms with Crippen LogP contribution in [-0.4, -0.2) is 6.61 Å². The normalized spacial score (nSPS) is 15.9. The lowest BCUT2D eigenvalue weighted by molar-refractivity contribution is 0.252. The molecule has 1 aliphatic rings. The minimum absolute atomic E-state index is 0.323. The highest BCUT2D eigenvalue weighted by molar-refractivity contribution is 5.38. The second-order valence-corrected chi connectivity index (χ2v) is 6.17. The van der Waals surface area contributed by atoms with E-state index in [1.165, 1.54) is 11.1 Å². The van der Waals surface area contributed by atoms with E-state index >= 15 is 0 Å². The monoisotopic (exact) mass is 331 g/mol. The van der Waals surface area contributed by atoms with Crippen molar-refractivity contribution in [2.75, 3.05) is 6.61 Å². The molecule has 0 aromatic heterocycles. The van der Waals surface area contributed by atoms with E-state index in [0.717, 1.165) is 36.8 Å². The fraction of sp³-hybridized carbons (Fsp3) is 0.182. The summed E-state index contributed by atoms with van der Waals surface area (Å²) < 4.78 is 11.7. The highest BCUT2D eigenvalue weighted by Gasteiger charge is 2.20. The molecule has 0 fully saturated rings. The van der Waals surface area contributed by atoms with Crippen LogP contribution in [0.3, 0.4) is 0 Å². The van der Waals surface area contributed by atoms with Crippen LogP contribution in [0.5, 0.6) is 17.2 Å². The number of fused-ring (bicyclic) bond motifs is 1. The molecule has 1 heterocycles. The molecule has 1 aliphatic heterocycles. The highest BCUT2D eigenvalue weighted by Crippen LogP contribution is 2.31. The first-order chi connectivity index (χ1) is 12.4. The topological polar surface area (TPSA) is 30.5 Å². The number of hydrogen-bond donors (Lipinski definition) is 1. The van der Waals surface area contributed by atoms with Crippen molar-refractivity contribution >= 4 is 0 Å². The van der Waals surface area contributed by atoms with E-state index < -0.39 is 0 Å². The van der Waals surface area contributed by atoms with Crippen molar-refractivity contribution in [3.63, 3.8) is 0 Å². The first kappa shape index (κ1) is 15.7. The van der Waals surface area contributed by atoms with Crippen LogP contribution >= 0.6 is 0 Å². The van der Waals surface area contributed by atoms with Crippen LogP contribution in [0.4, 0.5) is 0 Å². The third-order valence-corrected chi connectivity index (χ3v) is 4.39. The summed E-state index contributed by atoms with van der Waals surface area (Å²) in [5.41, 5.74) is 2.45. The average Bonchev–Trinajstić information content (AvgIpc) is 2.67. The summed E-state index contributed by atoms with van der Waals surface area (Å²) in [5, 5.41) is 3.65. The maximum atomic E-state index is 5.92. The summed E-state index contributed by atoms with van der Waals surface area (Å²) in [4.78, 5) is 0. The summed E-state index contributed by atoms with van der Waals surface area (Å²) in [5.74, 6) is 2.70. The first-order valence-corrected chi connectivity index (χ1v) is 8.65. The Kier molecular flexibility index (Phi) is 4.66. The van der Waals surface area contributed by atoms with Gasteiger partial charge in [0.15, 0.2) is 0 Å². The van der Waals surface area contributed by atoms with Crippen molar-refractivity contribution < 1.29 is 9.47 Å². The van der Waals surface area contributed by atoms with E-state index in [2.05, 4.69) is 29.6 Å². The van der Waals surface area contributed by atoms with Crippen LogP contribution in [0.1, 0.15) is 23.6 Å². The lowest BCUT2D eigenvalue weighted by Gasteiger charge is -2.26. The van der Waals surface area contributed by atoms with Crippen molar-refractivity contribution in [3.05, 3.63) is 90.0 Å². The minimum Gasteiger partial charge on any atom is -0.493 e. The molecular formula is C22H21NO2. The molecule has 3 aromatic rings. The lowest BCUT2D eigenvalue weighted by atomic mass is 10.0. The molecule has 0 saturated carbocycles. The molecule has 0 aliphatic carbocycles. The number of hydrogen-bond acceptors (Lipinski definition) is 3. The molecule has 0 spiro atoms. The van der Waals surface area contributed by atoms with E-state index in [1.54, 1.807) is 0 Å². The van der Waals surface area contributed by atoms with Crippen LogP contribution in [0.15, 0.2) is 78.9 Å². The van der Waals surface area contributed by atoms with Gasteiger partial charge in [-0.25, -0.2) is 0 Å². The van der Waals surface area contributed by atoms with Crippen molar-refractivity contribution in [1.29, 1.82) is 0 Å². The predicted molar refractivity (Wildman–Crippen MR) is 99.1 cm³/mol. The molecule has 3 aromatic carbocycles. The van der Waals surface area contributed by atoms with Gasteiger partial charge >= 0.3 is 0 Å². The minimum atomic E-state index is 0.323. The Hall–Kier alpha value is -2.78. The van der Waals surface area contributed by atoms with Crippen molar-refractivity contribution in [1.82, 2.24) is 5.32 Å². The Bertz CT molecular complexity index is 832. The molecular weight excluding hydrogens is 310 g/mol. The van der Waals surface area contributed by atoms with Gasteiger partial charge in [-0.2, -0.15) is 0 Å². The Morgan fingerprint density at radius 2 is 1.68 bits per heavy atom. The standard InChI is InChI=1S/C22H21NO2/c1-2-8-18(9-3-1)25-19-10-6-7-17(15-19)16-23-21-13-14-24-22-12-5-4-11-20(21)22/h1-12,15,21,23H,13-14,16H2/t21-/m1/s1. The van der Waals surface area contributed by atoms with Crippen LogP contribution in [0.25, 0.3) is 0 Å². The highest BCUT2D eigenvalue weighted by atomic mass is 16.5. The molecule has 25 heavy (non-hydrogen) atoms.